The first-order chi connectivity index (χ1) is 9.76. The fourth-order valence-electron chi connectivity index (χ4n) is 2.34. The number of likely N-dealkylation sites (tertiary alicyclic amines) is 1. The lowest BCUT2D eigenvalue weighted by molar-refractivity contribution is -0.385. The van der Waals surface area contributed by atoms with Crippen molar-refractivity contribution < 1.29 is 19.6 Å². The fourth-order valence-corrected chi connectivity index (χ4v) is 2.59. The van der Waals surface area contributed by atoms with Gasteiger partial charge in [-0.05, 0) is 19.4 Å². The number of carboxylic acids is 1. The Morgan fingerprint density at radius 1 is 1.48 bits per heavy atom. The molecule has 0 spiro atoms. The van der Waals surface area contributed by atoms with Crippen LogP contribution in [0.2, 0.25) is 5.02 Å². The van der Waals surface area contributed by atoms with E-state index < -0.39 is 22.2 Å². The molecule has 0 saturated carbocycles. The van der Waals surface area contributed by atoms with E-state index in [1.165, 1.54) is 23.1 Å². The number of benzene rings is 1. The number of hydrogen-bond donors (Lipinski definition) is 1. The zero-order valence-electron chi connectivity index (χ0n) is 11.2. The summed E-state index contributed by atoms with van der Waals surface area (Å²) in [6, 6.07) is 3.99. The summed E-state index contributed by atoms with van der Waals surface area (Å²) >= 11 is 5.91. The van der Waals surface area contributed by atoms with Crippen LogP contribution in [0.15, 0.2) is 18.2 Å². The molecule has 1 aromatic carbocycles. The van der Waals surface area contributed by atoms with Crippen LogP contribution in [0.1, 0.15) is 23.7 Å². The van der Waals surface area contributed by atoms with E-state index in [2.05, 4.69) is 0 Å². The molecular weight excluding hydrogens is 300 g/mol. The molecule has 112 valence electrons. The summed E-state index contributed by atoms with van der Waals surface area (Å²) in [6.07, 6.45) is 0.298. The van der Waals surface area contributed by atoms with Crippen molar-refractivity contribution in [1.29, 1.82) is 0 Å². The van der Waals surface area contributed by atoms with Crippen LogP contribution < -0.4 is 0 Å². The molecule has 8 heteroatoms. The van der Waals surface area contributed by atoms with Crippen molar-refractivity contribution in [1.82, 2.24) is 4.90 Å². The Morgan fingerprint density at radius 3 is 2.67 bits per heavy atom. The van der Waals surface area contributed by atoms with Crippen molar-refractivity contribution in [3.63, 3.8) is 0 Å². The molecule has 1 saturated heterocycles. The number of carbonyl (C=O) groups excluding carboxylic acids is 1. The van der Waals surface area contributed by atoms with Gasteiger partial charge in [0.1, 0.15) is 5.56 Å². The van der Waals surface area contributed by atoms with Gasteiger partial charge in [0.25, 0.3) is 11.6 Å². The van der Waals surface area contributed by atoms with Gasteiger partial charge in [-0.15, -0.1) is 0 Å². The van der Waals surface area contributed by atoms with Crippen molar-refractivity contribution in [3.05, 3.63) is 38.9 Å². The van der Waals surface area contributed by atoms with Crippen LogP contribution >= 0.6 is 11.6 Å². The first-order valence-corrected chi connectivity index (χ1v) is 6.59. The van der Waals surface area contributed by atoms with Crippen LogP contribution in [-0.2, 0) is 4.79 Å². The maximum atomic E-state index is 12.4. The molecule has 21 heavy (non-hydrogen) atoms. The predicted octanol–water partition coefficient (Wildman–Crippen LogP) is 2.18. The number of aliphatic carboxylic acids is 1. The minimum Gasteiger partial charge on any atom is -0.481 e. The monoisotopic (exact) mass is 312 g/mol. The van der Waals surface area contributed by atoms with Crippen molar-refractivity contribution in [2.24, 2.45) is 5.41 Å². The molecule has 1 atom stereocenters. The van der Waals surface area contributed by atoms with E-state index in [1.807, 2.05) is 0 Å². The van der Waals surface area contributed by atoms with Gasteiger partial charge in [0.05, 0.1) is 15.4 Å². The summed E-state index contributed by atoms with van der Waals surface area (Å²) in [5.74, 6) is -1.61. The Balaban J connectivity index is 2.35. The lowest BCUT2D eigenvalue weighted by Gasteiger charge is -2.20. The number of nitrogens with zero attached hydrogens (tertiary/aromatic N) is 2. The number of nitro benzene ring substituents is 1. The second-order valence-corrected chi connectivity index (χ2v) is 5.64. The fraction of sp³-hybridized carbons (Fsp3) is 0.385. The maximum absolute atomic E-state index is 12.4. The first-order valence-electron chi connectivity index (χ1n) is 6.22. The molecular formula is C13H13ClN2O5. The normalized spacial score (nSPS) is 21.3. The standard InChI is InChI=1S/C13H13ClN2O5/c1-13(12(18)19)5-6-15(7-13)11(17)10-8(14)3-2-4-9(10)16(20)21/h2-4H,5-7H2,1H3,(H,18,19). The second kappa shape index (κ2) is 5.33. The van der Waals surface area contributed by atoms with Crippen LogP contribution in [-0.4, -0.2) is 39.9 Å². The van der Waals surface area contributed by atoms with Crippen LogP contribution in [0.5, 0.6) is 0 Å². The van der Waals surface area contributed by atoms with E-state index in [0.717, 1.165) is 0 Å². The molecule has 0 radical (unpaired) electrons. The third-order valence-corrected chi connectivity index (χ3v) is 3.99. The molecule has 0 aromatic heterocycles. The predicted molar refractivity (Wildman–Crippen MR) is 74.4 cm³/mol. The Kier molecular flexibility index (Phi) is 3.87. The highest BCUT2D eigenvalue weighted by Gasteiger charge is 2.43. The van der Waals surface area contributed by atoms with Gasteiger partial charge < -0.3 is 10.0 Å². The zero-order chi connectivity index (χ0) is 15.8. The van der Waals surface area contributed by atoms with Gasteiger partial charge in [0.15, 0.2) is 0 Å². The van der Waals surface area contributed by atoms with Crippen molar-refractivity contribution in [2.45, 2.75) is 13.3 Å². The summed E-state index contributed by atoms with van der Waals surface area (Å²) in [5, 5.41) is 20.2. The largest absolute Gasteiger partial charge is 0.481 e. The molecule has 1 aliphatic heterocycles. The molecule has 1 aromatic rings. The third-order valence-electron chi connectivity index (χ3n) is 3.68. The molecule has 1 N–H and O–H groups in total. The highest BCUT2D eigenvalue weighted by Crippen LogP contribution is 2.34. The van der Waals surface area contributed by atoms with E-state index in [1.54, 1.807) is 6.92 Å². The molecule has 2 rings (SSSR count). The Morgan fingerprint density at radius 2 is 2.14 bits per heavy atom. The number of nitro groups is 1. The first kappa shape index (κ1) is 15.2. The number of rotatable bonds is 3. The van der Waals surface area contributed by atoms with Crippen LogP contribution in [0.3, 0.4) is 0 Å². The van der Waals surface area contributed by atoms with Gasteiger partial charge >= 0.3 is 5.97 Å². The van der Waals surface area contributed by atoms with E-state index >= 15 is 0 Å². The molecule has 1 aliphatic rings. The van der Waals surface area contributed by atoms with Gasteiger partial charge in [-0.2, -0.15) is 0 Å². The smallest absolute Gasteiger partial charge is 0.311 e. The lowest BCUT2D eigenvalue weighted by atomic mass is 9.90. The Bertz CT molecular complexity index is 633. The van der Waals surface area contributed by atoms with Crippen molar-refractivity contribution in [2.75, 3.05) is 13.1 Å². The highest BCUT2D eigenvalue weighted by atomic mass is 35.5. The molecule has 1 unspecified atom stereocenters. The second-order valence-electron chi connectivity index (χ2n) is 5.23. The van der Waals surface area contributed by atoms with Crippen LogP contribution in [0.4, 0.5) is 5.69 Å². The Hall–Kier alpha value is -2.15. The summed E-state index contributed by atoms with van der Waals surface area (Å²) in [6.45, 7) is 1.77. The average Bonchev–Trinajstić information content (AvgIpc) is 2.82. The summed E-state index contributed by atoms with van der Waals surface area (Å²) < 4.78 is 0. The summed E-state index contributed by atoms with van der Waals surface area (Å²) in [7, 11) is 0. The van der Waals surface area contributed by atoms with Crippen molar-refractivity contribution >= 4 is 29.2 Å². The van der Waals surface area contributed by atoms with E-state index in [4.69, 9.17) is 16.7 Å². The highest BCUT2D eigenvalue weighted by molar-refractivity contribution is 6.34. The SMILES string of the molecule is CC1(C(=O)O)CCN(C(=O)c2c(Cl)cccc2[N+](=O)[O-])C1. The van der Waals surface area contributed by atoms with E-state index in [9.17, 15) is 19.7 Å². The van der Waals surface area contributed by atoms with Crippen LogP contribution in [0, 0.1) is 15.5 Å². The molecule has 0 aliphatic carbocycles. The van der Waals surface area contributed by atoms with Crippen LogP contribution in [0.25, 0.3) is 0 Å². The number of carboxylic acid groups (broad SMARTS) is 1. The summed E-state index contributed by atoms with van der Waals surface area (Å²) in [5.41, 5.74) is -1.61. The molecule has 1 heterocycles. The number of carbonyl (C=O) groups is 2. The molecule has 1 amide bonds. The molecule has 7 nitrogen and oxygen atoms in total. The average molecular weight is 313 g/mol. The maximum Gasteiger partial charge on any atom is 0.311 e. The minimum absolute atomic E-state index is 0.00352. The topological polar surface area (TPSA) is 101 Å². The minimum atomic E-state index is -1.04. The van der Waals surface area contributed by atoms with Gasteiger partial charge in [0, 0.05) is 19.2 Å². The molecule has 0 bridgehead atoms. The molecule has 1 fully saturated rings. The number of amides is 1. The van der Waals surface area contributed by atoms with Crippen molar-refractivity contribution in [3.8, 4) is 0 Å². The van der Waals surface area contributed by atoms with E-state index in [0.29, 0.717) is 6.42 Å². The quantitative estimate of drug-likeness (QED) is 0.681. The lowest BCUT2D eigenvalue weighted by Crippen LogP contribution is -2.35. The summed E-state index contributed by atoms with van der Waals surface area (Å²) in [4.78, 5) is 35.3. The van der Waals surface area contributed by atoms with Gasteiger partial charge in [0.2, 0.25) is 0 Å². The van der Waals surface area contributed by atoms with Gasteiger partial charge in [-0.1, -0.05) is 17.7 Å². The number of hydrogen-bond acceptors (Lipinski definition) is 4. The van der Waals surface area contributed by atoms with E-state index in [-0.39, 0.29) is 29.4 Å². The van der Waals surface area contributed by atoms with Gasteiger partial charge in [-0.3, -0.25) is 19.7 Å². The number of halogens is 1. The zero-order valence-corrected chi connectivity index (χ0v) is 12.0. The Labute approximate surface area is 125 Å². The van der Waals surface area contributed by atoms with Gasteiger partial charge in [-0.25, -0.2) is 0 Å². The third kappa shape index (κ3) is 2.69.